The van der Waals surface area contributed by atoms with E-state index in [0.717, 1.165) is 50.6 Å². The van der Waals surface area contributed by atoms with Gasteiger partial charge in [-0.05, 0) is 0 Å². The fourth-order valence-electron chi connectivity index (χ4n) is 12.7. The average molecular weight is 1370 g/mol. The minimum absolute atomic E-state index is 0. The minimum atomic E-state index is -4.43. The third kappa shape index (κ3) is 12.5. The van der Waals surface area contributed by atoms with Gasteiger partial charge in [0.15, 0.2) is 0 Å². The van der Waals surface area contributed by atoms with Gasteiger partial charge in [-0.25, -0.2) is 0 Å². The van der Waals surface area contributed by atoms with Crippen LogP contribution in [0, 0.1) is 83.1 Å². The third-order valence-corrected chi connectivity index (χ3v) is 41.0. The smallest absolute Gasteiger partial charge is 0.412 e. The molecular formula is C72H78O8P2Sn2+2. The Balaban J connectivity index is 0.00000253. The molecule has 0 aliphatic carbocycles. The molecule has 0 spiro atoms. The van der Waals surface area contributed by atoms with Gasteiger partial charge in [-0.15, -0.1) is 0 Å². The molecule has 2 radical (unpaired) electrons. The van der Waals surface area contributed by atoms with Crippen molar-refractivity contribution in [2.45, 2.75) is 83.1 Å². The zero-order valence-corrected chi connectivity index (χ0v) is 57.7. The first-order valence-corrected chi connectivity index (χ1v) is 38.5. The molecule has 0 amide bonds. The van der Waals surface area contributed by atoms with E-state index in [1.807, 2.05) is 0 Å². The van der Waals surface area contributed by atoms with Crippen molar-refractivity contribution in [2.75, 3.05) is 0 Å². The molecule has 0 saturated carbocycles. The second kappa shape index (κ2) is 27.4. The van der Waals surface area contributed by atoms with Crippen molar-refractivity contribution in [1.82, 2.24) is 0 Å². The predicted octanol–water partition coefficient (Wildman–Crippen LogP) is 12.9. The number of hydrogen-bond donors (Lipinski definition) is 0. The van der Waals surface area contributed by atoms with Gasteiger partial charge in [0.1, 0.15) is 0 Å². The van der Waals surface area contributed by atoms with E-state index in [-0.39, 0.29) is 21.9 Å². The molecule has 430 valence electrons. The second-order valence-electron chi connectivity index (χ2n) is 21.9. The first-order chi connectivity index (χ1) is 38.6. The number of hydrogen-bond acceptors (Lipinski definition) is 4. The van der Waals surface area contributed by atoms with Crippen LogP contribution in [-0.2, 0) is 11.4 Å². The maximum atomic E-state index is 8.80. The van der Waals surface area contributed by atoms with Crippen LogP contribution in [0.15, 0.2) is 206 Å². The quantitative estimate of drug-likeness (QED) is 0.0984. The van der Waals surface area contributed by atoms with Crippen LogP contribution in [0.5, 0.6) is 0 Å². The molecule has 1 aliphatic heterocycles. The number of benzene rings is 10. The van der Waals surface area contributed by atoms with Crippen LogP contribution in [0.25, 0.3) is 44.5 Å². The van der Waals surface area contributed by atoms with Crippen LogP contribution >= 0.6 is 15.4 Å². The van der Waals surface area contributed by atoms with E-state index in [1.165, 1.54) is 89.0 Å². The summed E-state index contributed by atoms with van der Waals surface area (Å²) in [5.41, 5.74) is 24.0. The monoisotopic (exact) mass is 1370 g/mol. The Labute approximate surface area is 514 Å². The number of aryl methyl sites for hydroxylation is 12. The van der Waals surface area contributed by atoms with Crippen molar-refractivity contribution in [2.24, 2.45) is 0 Å². The van der Waals surface area contributed by atoms with Crippen molar-refractivity contribution in [3.05, 3.63) is 273 Å². The molecular weight excluding hydrogens is 1290 g/mol. The summed E-state index contributed by atoms with van der Waals surface area (Å²) in [4.78, 5) is 0. The van der Waals surface area contributed by atoms with Gasteiger partial charge in [-0.3, -0.25) is 0 Å². The van der Waals surface area contributed by atoms with Crippen LogP contribution < -0.4 is 28.4 Å². The molecule has 8 N–H and O–H groups in total. The Morgan fingerprint density at radius 2 is 0.417 bits per heavy atom. The molecule has 1 fully saturated rings. The van der Waals surface area contributed by atoms with Crippen molar-refractivity contribution < 1.29 is 33.3 Å². The topological polar surface area (TPSA) is 163 Å². The van der Waals surface area contributed by atoms with Gasteiger partial charge in [0, 0.05) is 0 Å². The second-order valence-corrected chi connectivity index (χ2v) is 39.3. The van der Waals surface area contributed by atoms with Gasteiger partial charge >= 0.3 is 497 Å². The summed E-state index contributed by atoms with van der Waals surface area (Å²) in [7, 11) is -6.96. The Morgan fingerprint density at radius 1 is 0.238 bits per heavy atom. The van der Waals surface area contributed by atoms with Crippen molar-refractivity contribution in [1.29, 1.82) is 0 Å². The first-order valence-electron chi connectivity index (χ1n) is 27.7. The molecule has 10 aromatic rings. The van der Waals surface area contributed by atoms with Crippen molar-refractivity contribution in [3.63, 3.8) is 0 Å². The largest absolute Gasteiger partial charge is 0.412 e. The number of rotatable bonds is 10. The van der Waals surface area contributed by atoms with Gasteiger partial charge in [0.2, 0.25) is 0 Å². The van der Waals surface area contributed by atoms with Crippen molar-refractivity contribution >= 4 is 85.0 Å². The van der Waals surface area contributed by atoms with Gasteiger partial charge in [-0.2, -0.15) is 0 Å². The average Bonchev–Trinajstić information content (AvgIpc) is 1.88. The molecule has 84 heavy (non-hydrogen) atoms. The first kappa shape index (κ1) is 65.9. The van der Waals surface area contributed by atoms with Gasteiger partial charge in [0.05, 0.1) is 0 Å². The molecule has 0 unspecified atom stereocenters. The van der Waals surface area contributed by atoms with E-state index in [0.29, 0.717) is 0 Å². The summed E-state index contributed by atoms with van der Waals surface area (Å²) in [6.07, 6.45) is 0. The third-order valence-electron chi connectivity index (χ3n) is 15.6. The van der Waals surface area contributed by atoms with Crippen LogP contribution in [0.4, 0.5) is 0 Å². The SMILES string of the molecule is Cc1cc(C)c(-c2cccc(-c3c(C)cc(C)cc3C)[c]2[Sn]2[O][P+](c3ccccc3)(c3ccccc3)[O][Sn]([c]3c(-c4c(C)cc(C)cc4C)cccc3-c3c(C)cc(C)cc3C)[O][P+](c3ccccc3)(c3ccccc3)[O]2)c(C)c1.O.O.O.O. The summed E-state index contributed by atoms with van der Waals surface area (Å²) >= 11 is -8.86. The van der Waals surface area contributed by atoms with Crippen LogP contribution in [0.3, 0.4) is 0 Å². The van der Waals surface area contributed by atoms with Crippen LogP contribution in [0.1, 0.15) is 66.8 Å². The predicted molar refractivity (Wildman–Crippen MR) is 359 cm³/mol. The minimum Gasteiger partial charge on any atom is -0.412 e. The van der Waals surface area contributed by atoms with Gasteiger partial charge in [-0.1, -0.05) is 0 Å². The molecule has 1 heterocycles. The maximum absolute atomic E-state index is 8.80. The van der Waals surface area contributed by atoms with E-state index in [9.17, 15) is 0 Å². The van der Waals surface area contributed by atoms with E-state index < -0.39 is 56.6 Å². The molecule has 8 nitrogen and oxygen atoms in total. The Hall–Kier alpha value is -5.66. The Bertz CT molecular complexity index is 3360. The summed E-state index contributed by atoms with van der Waals surface area (Å²) in [5.74, 6) is 0. The van der Waals surface area contributed by atoms with E-state index in [1.54, 1.807) is 0 Å². The van der Waals surface area contributed by atoms with Gasteiger partial charge in [0.25, 0.3) is 0 Å². The zero-order chi connectivity index (χ0) is 56.0. The summed E-state index contributed by atoms with van der Waals surface area (Å²) in [6, 6.07) is 75.6. The Kier molecular flexibility index (Phi) is 21.5. The maximum Gasteiger partial charge on any atom is -0.412 e. The molecule has 10 aromatic carbocycles. The van der Waals surface area contributed by atoms with Crippen LogP contribution in [0.2, 0.25) is 0 Å². The van der Waals surface area contributed by atoms with Crippen molar-refractivity contribution in [3.8, 4) is 44.5 Å². The molecule has 0 bridgehead atoms. The molecule has 0 atom stereocenters. The van der Waals surface area contributed by atoms with E-state index in [4.69, 9.17) is 11.4 Å². The summed E-state index contributed by atoms with van der Waals surface area (Å²) in [5, 5.41) is 3.98. The normalized spacial score (nSPS) is 14.0. The van der Waals surface area contributed by atoms with Crippen LogP contribution in [-0.4, -0.2) is 63.1 Å². The van der Waals surface area contributed by atoms with E-state index in [2.05, 4.69) is 289 Å². The molecule has 12 heteroatoms. The fourth-order valence-corrected chi connectivity index (χ4v) is 47.9. The fraction of sp³-hybridized carbons (Fsp3) is 0.167. The summed E-state index contributed by atoms with van der Waals surface area (Å²) in [6.45, 7) is 26.8. The van der Waals surface area contributed by atoms with Gasteiger partial charge < -0.3 is 21.9 Å². The summed E-state index contributed by atoms with van der Waals surface area (Å²) < 4.78 is 37.4. The zero-order valence-electron chi connectivity index (χ0n) is 50.2. The molecule has 1 aliphatic rings. The van der Waals surface area contributed by atoms with E-state index >= 15 is 0 Å². The molecule has 0 aromatic heterocycles. The molecule has 11 rings (SSSR count). The standard InChI is InChI=1S/2C24H25.2C12H11O2P.4H2O.2Sn/c2*1-15-10-17(3)23(18(4)11-15)21-8-7-9-22(14-21)24-19(5)12-16(2)13-20(24)6;2*13-15(14,11-7-3-1-4-8-11)12-9-5-2-6-10-12;;;;;;/h2*7-13H,1-6H3;2*1-10H,(H,13,14);4*1H2;;/q;;;;;;;;2*+2/p-2. The Morgan fingerprint density at radius 3 is 0.595 bits per heavy atom. The molecule has 1 saturated heterocycles.